The molecule has 1 aliphatic carbocycles. The lowest BCUT2D eigenvalue weighted by Gasteiger charge is -2.35. The maximum atomic E-state index is 12.9. The molecular weight excluding hydrogens is 374 g/mol. The van der Waals surface area contributed by atoms with Crippen molar-refractivity contribution < 1.29 is 0 Å². The highest BCUT2D eigenvalue weighted by atomic mass is 32.2. The number of aryl methyl sites for hydroxylation is 2. The van der Waals surface area contributed by atoms with Gasteiger partial charge in [0, 0.05) is 35.0 Å². The summed E-state index contributed by atoms with van der Waals surface area (Å²) in [6, 6.07) is 4.45. The van der Waals surface area contributed by atoms with E-state index in [1.165, 1.54) is 5.01 Å². The number of nitrogens with zero attached hydrogens (tertiary/aromatic N) is 2. The van der Waals surface area contributed by atoms with Crippen LogP contribution in [0, 0.1) is 6.92 Å². The van der Waals surface area contributed by atoms with E-state index in [1.54, 1.807) is 23.3 Å². The molecule has 1 aliphatic heterocycles. The zero-order valence-corrected chi connectivity index (χ0v) is 17.4. The van der Waals surface area contributed by atoms with Gasteiger partial charge in [0.05, 0.1) is 16.7 Å². The molecule has 0 radical (unpaired) electrons. The first-order valence-corrected chi connectivity index (χ1v) is 11.5. The Morgan fingerprint density at radius 1 is 1.37 bits per heavy atom. The first-order valence-electron chi connectivity index (χ1n) is 9.44. The molecule has 0 aromatic carbocycles. The summed E-state index contributed by atoms with van der Waals surface area (Å²) in [5, 5.41) is 3.35. The number of rotatable bonds is 5. The molecular formula is C21H25N3OS2. The smallest absolute Gasteiger partial charge is 0.253 e. The Hall–Kier alpha value is -1.63. The molecule has 4 nitrogen and oxygen atoms in total. The molecule has 1 N–H and O–H groups in total. The predicted molar refractivity (Wildman–Crippen MR) is 115 cm³/mol. The third-order valence-corrected chi connectivity index (χ3v) is 7.02. The lowest BCUT2D eigenvalue weighted by atomic mass is 9.92. The summed E-state index contributed by atoms with van der Waals surface area (Å²) in [7, 11) is 0. The summed E-state index contributed by atoms with van der Waals surface area (Å²) >= 11 is 3.37. The first-order chi connectivity index (χ1) is 13.2. The summed E-state index contributed by atoms with van der Waals surface area (Å²) in [6.07, 6.45) is 14.5. The summed E-state index contributed by atoms with van der Waals surface area (Å²) in [6.45, 7) is 1.90. The van der Waals surface area contributed by atoms with Gasteiger partial charge in [0.25, 0.3) is 5.56 Å². The van der Waals surface area contributed by atoms with Gasteiger partial charge in [0.15, 0.2) is 0 Å². The average molecular weight is 400 g/mol. The molecule has 3 heterocycles. The molecule has 0 bridgehead atoms. The highest BCUT2D eigenvalue weighted by Gasteiger charge is 2.31. The van der Waals surface area contributed by atoms with Gasteiger partial charge < -0.3 is 4.57 Å². The number of allylic oxidation sites excluding steroid dienone is 4. The van der Waals surface area contributed by atoms with Crippen molar-refractivity contribution in [3.8, 4) is 0 Å². The first kappa shape index (κ1) is 18.7. The zero-order chi connectivity index (χ0) is 18.8. The zero-order valence-electron chi connectivity index (χ0n) is 15.7. The van der Waals surface area contributed by atoms with E-state index in [1.807, 2.05) is 17.6 Å². The van der Waals surface area contributed by atoms with Crippen molar-refractivity contribution in [3.05, 3.63) is 74.1 Å². The van der Waals surface area contributed by atoms with Crippen molar-refractivity contribution in [2.45, 2.75) is 50.6 Å². The molecule has 3 unspecified atom stereocenters. The van der Waals surface area contributed by atoms with Gasteiger partial charge in [-0.05, 0) is 38.5 Å². The Balaban J connectivity index is 1.64. The van der Waals surface area contributed by atoms with E-state index < -0.39 is 0 Å². The highest BCUT2D eigenvalue weighted by Crippen LogP contribution is 2.31. The summed E-state index contributed by atoms with van der Waals surface area (Å²) < 4.78 is 5.55. The van der Waals surface area contributed by atoms with Gasteiger partial charge in [-0.15, -0.1) is 11.3 Å². The van der Waals surface area contributed by atoms with E-state index in [0.717, 1.165) is 42.6 Å². The average Bonchev–Trinajstić information content (AvgIpc) is 3.16. The minimum absolute atomic E-state index is 0.102. The van der Waals surface area contributed by atoms with Crippen molar-refractivity contribution >= 4 is 23.3 Å². The molecule has 142 valence electrons. The fourth-order valence-electron chi connectivity index (χ4n) is 4.02. The van der Waals surface area contributed by atoms with Crippen LogP contribution in [0.15, 0.2) is 46.6 Å². The van der Waals surface area contributed by atoms with Gasteiger partial charge in [-0.2, -0.15) is 0 Å². The van der Waals surface area contributed by atoms with Crippen molar-refractivity contribution in [1.29, 1.82) is 0 Å². The molecule has 0 saturated carbocycles. The molecule has 4 rings (SSSR count). The van der Waals surface area contributed by atoms with E-state index in [0.29, 0.717) is 5.92 Å². The largest absolute Gasteiger partial charge is 0.307 e. The van der Waals surface area contributed by atoms with Crippen LogP contribution in [0.4, 0.5) is 0 Å². The van der Waals surface area contributed by atoms with Gasteiger partial charge in [0.2, 0.25) is 0 Å². The topological polar surface area (TPSA) is 46.9 Å². The monoisotopic (exact) mass is 399 g/mol. The van der Waals surface area contributed by atoms with Crippen LogP contribution in [0.2, 0.25) is 0 Å². The number of aromatic nitrogens is 2. The highest BCUT2D eigenvalue weighted by molar-refractivity contribution is 7.96. The number of nitrogens with one attached hydrogen (secondary N) is 1. The number of hydrogen-bond acceptors (Lipinski definition) is 5. The third-order valence-electron chi connectivity index (χ3n) is 5.45. The number of pyridine rings is 1. The second-order valence-corrected chi connectivity index (χ2v) is 8.79. The molecule has 0 saturated heterocycles. The van der Waals surface area contributed by atoms with E-state index in [9.17, 15) is 4.79 Å². The van der Waals surface area contributed by atoms with Gasteiger partial charge in [0.1, 0.15) is 0 Å². The fourth-order valence-corrected chi connectivity index (χ4v) is 5.53. The quantitative estimate of drug-likeness (QED) is 0.766. The van der Waals surface area contributed by atoms with Gasteiger partial charge in [-0.25, -0.2) is 4.98 Å². The lowest BCUT2D eigenvalue weighted by molar-refractivity contribution is 0.318. The van der Waals surface area contributed by atoms with E-state index in [-0.39, 0.29) is 17.6 Å². The van der Waals surface area contributed by atoms with Crippen molar-refractivity contribution in [1.82, 2.24) is 14.3 Å². The molecule has 3 atom stereocenters. The van der Waals surface area contributed by atoms with Crippen molar-refractivity contribution in [2.75, 3.05) is 6.26 Å². The molecule has 2 aliphatic rings. The second kappa shape index (κ2) is 8.17. The summed E-state index contributed by atoms with van der Waals surface area (Å²) in [4.78, 5) is 17.8. The van der Waals surface area contributed by atoms with Crippen LogP contribution >= 0.6 is 23.3 Å². The summed E-state index contributed by atoms with van der Waals surface area (Å²) in [5.74, 6) is 0.387. The Morgan fingerprint density at radius 3 is 3.04 bits per heavy atom. The Kier molecular flexibility index (Phi) is 5.66. The molecule has 0 fully saturated rings. The molecule has 0 spiro atoms. The van der Waals surface area contributed by atoms with Crippen LogP contribution in [-0.2, 0) is 12.8 Å². The van der Waals surface area contributed by atoms with E-state index in [4.69, 9.17) is 4.98 Å². The maximum absolute atomic E-state index is 12.9. The normalized spacial score (nSPS) is 24.1. The van der Waals surface area contributed by atoms with Crippen molar-refractivity contribution in [3.63, 3.8) is 0 Å². The second-order valence-electron chi connectivity index (χ2n) is 7.25. The number of thiazole rings is 1. The van der Waals surface area contributed by atoms with Crippen LogP contribution < -0.4 is 10.3 Å². The Labute approximate surface area is 168 Å². The van der Waals surface area contributed by atoms with Gasteiger partial charge >= 0.3 is 0 Å². The minimum atomic E-state index is 0.102. The van der Waals surface area contributed by atoms with E-state index in [2.05, 4.69) is 46.7 Å². The third kappa shape index (κ3) is 3.84. The summed E-state index contributed by atoms with van der Waals surface area (Å²) in [5.41, 5.74) is 3.19. The maximum Gasteiger partial charge on any atom is 0.253 e. The Bertz CT molecular complexity index is 928. The fraction of sp³-hybridized carbons (Fsp3) is 0.429. The van der Waals surface area contributed by atoms with Crippen molar-refractivity contribution in [2.24, 2.45) is 0 Å². The van der Waals surface area contributed by atoms with Gasteiger partial charge in [-0.3, -0.25) is 9.52 Å². The minimum Gasteiger partial charge on any atom is -0.307 e. The molecule has 6 heteroatoms. The molecule has 27 heavy (non-hydrogen) atoms. The standard InChI is InChI=1S/C21H25N3OS2/c1-14-8-9-17-10-11-18(23-26-2)19(24(17)21(14)25)12-16-13-27-20(22-16)15-6-4-3-5-7-15/h3-6,8-9,13,15,18-19,23H,7,10-12H2,1-2H3. The SMILES string of the molecule is CSNC1CCc2ccc(C)c(=O)n2C1Cc1csc(C2C=CC=CC2)n1. The van der Waals surface area contributed by atoms with Crippen LogP contribution in [0.5, 0.6) is 0 Å². The molecule has 0 amide bonds. The Morgan fingerprint density at radius 2 is 2.26 bits per heavy atom. The number of hydrogen-bond donors (Lipinski definition) is 1. The lowest BCUT2D eigenvalue weighted by Crippen LogP contribution is -2.45. The molecule has 2 aromatic rings. The van der Waals surface area contributed by atoms with Crippen LogP contribution in [0.25, 0.3) is 0 Å². The molecule has 2 aromatic heterocycles. The predicted octanol–water partition coefficient (Wildman–Crippen LogP) is 4.18. The van der Waals surface area contributed by atoms with Crippen LogP contribution in [0.3, 0.4) is 0 Å². The number of fused-ring (bicyclic) bond motifs is 1. The van der Waals surface area contributed by atoms with Gasteiger partial charge in [-0.1, -0.05) is 42.3 Å². The van der Waals surface area contributed by atoms with Crippen LogP contribution in [0.1, 0.15) is 46.8 Å². The van der Waals surface area contributed by atoms with Crippen LogP contribution in [-0.4, -0.2) is 21.8 Å². The van der Waals surface area contributed by atoms with E-state index >= 15 is 0 Å².